The molecule has 0 fully saturated rings. The highest BCUT2D eigenvalue weighted by molar-refractivity contribution is 6.30. The maximum atomic E-state index is 12.6. The van der Waals surface area contributed by atoms with Gasteiger partial charge in [-0.05, 0) is 30.2 Å². The summed E-state index contributed by atoms with van der Waals surface area (Å²) in [6.45, 7) is 2.18. The highest BCUT2D eigenvalue weighted by Crippen LogP contribution is 2.38. The number of carbonyl (C=O) groups is 3. The maximum Gasteiger partial charge on any atom is 0.355 e. The molecule has 0 aliphatic carbocycles. The van der Waals surface area contributed by atoms with Crippen LogP contribution in [0.5, 0.6) is 0 Å². The van der Waals surface area contributed by atoms with E-state index in [2.05, 4.69) is 0 Å². The molecule has 0 saturated heterocycles. The van der Waals surface area contributed by atoms with Crippen molar-refractivity contribution in [2.75, 3.05) is 20.8 Å². The normalized spacial score (nSPS) is 16.5. The highest BCUT2D eigenvalue weighted by Gasteiger charge is 2.39. The fourth-order valence-corrected chi connectivity index (χ4v) is 3.19. The van der Waals surface area contributed by atoms with Crippen molar-refractivity contribution in [1.82, 2.24) is 4.90 Å². The minimum atomic E-state index is -1.21. The molecule has 0 spiro atoms. The first kappa shape index (κ1) is 21.5. The number of methoxy groups -OCH3 is 2. The largest absolute Gasteiger partial charge is 0.477 e. The Morgan fingerprint density at radius 3 is 2.21 bits per heavy atom. The quantitative estimate of drug-likeness (QED) is 0.694. The number of nitrogens with zero attached hydrogens (tertiary/aromatic N) is 1. The molecule has 1 atom stereocenters. The van der Waals surface area contributed by atoms with Crippen LogP contribution in [0.2, 0.25) is 5.02 Å². The number of allylic oxidation sites excluding steroid dienone is 1. The van der Waals surface area contributed by atoms with Gasteiger partial charge in [0.1, 0.15) is 11.4 Å². The average molecular weight is 408 g/mol. The Morgan fingerprint density at radius 2 is 1.71 bits per heavy atom. The van der Waals surface area contributed by atoms with Crippen LogP contribution in [0.25, 0.3) is 0 Å². The first-order valence-corrected chi connectivity index (χ1v) is 9.12. The van der Waals surface area contributed by atoms with E-state index in [9.17, 15) is 19.5 Å². The van der Waals surface area contributed by atoms with Crippen LogP contribution in [-0.4, -0.2) is 48.7 Å². The van der Waals surface area contributed by atoms with Crippen LogP contribution in [0.1, 0.15) is 31.2 Å². The number of carbonyl (C=O) groups excluding carboxylic acids is 2. The van der Waals surface area contributed by atoms with Crippen molar-refractivity contribution < 1.29 is 29.0 Å². The van der Waals surface area contributed by atoms with E-state index in [0.717, 1.165) is 6.42 Å². The number of ether oxygens (including phenoxy) is 2. The summed E-state index contributed by atoms with van der Waals surface area (Å²) in [6, 6.07) is 6.59. The van der Waals surface area contributed by atoms with E-state index in [1.807, 2.05) is 6.92 Å². The predicted octanol–water partition coefficient (Wildman–Crippen LogP) is 3.11. The molecule has 7 nitrogen and oxygen atoms in total. The third-order valence-electron chi connectivity index (χ3n) is 4.42. The van der Waals surface area contributed by atoms with Crippen molar-refractivity contribution in [1.29, 1.82) is 0 Å². The number of carboxylic acids is 1. The molecule has 1 heterocycles. The summed E-state index contributed by atoms with van der Waals surface area (Å²) in [7, 11) is 2.38. The smallest absolute Gasteiger partial charge is 0.355 e. The van der Waals surface area contributed by atoms with E-state index in [-0.39, 0.29) is 23.5 Å². The molecule has 1 unspecified atom stereocenters. The summed E-state index contributed by atoms with van der Waals surface area (Å²) in [5, 5.41) is 10.2. The van der Waals surface area contributed by atoms with Crippen molar-refractivity contribution in [2.45, 2.75) is 25.7 Å². The molecule has 1 aromatic carbocycles. The molecule has 0 radical (unpaired) electrons. The summed E-state index contributed by atoms with van der Waals surface area (Å²) in [5.74, 6) is -3.55. The molecule has 0 bridgehead atoms. The van der Waals surface area contributed by atoms with E-state index in [0.29, 0.717) is 17.0 Å². The second-order valence-corrected chi connectivity index (χ2v) is 6.57. The Kier molecular flexibility index (Phi) is 7.23. The van der Waals surface area contributed by atoms with Crippen LogP contribution in [0.3, 0.4) is 0 Å². The number of benzene rings is 1. The van der Waals surface area contributed by atoms with E-state index in [4.69, 9.17) is 21.1 Å². The van der Waals surface area contributed by atoms with Crippen LogP contribution in [0.4, 0.5) is 0 Å². The highest BCUT2D eigenvalue weighted by atomic mass is 35.5. The van der Waals surface area contributed by atoms with Crippen LogP contribution in [-0.2, 0) is 23.9 Å². The molecule has 1 aliphatic heterocycles. The van der Waals surface area contributed by atoms with Gasteiger partial charge in [0.05, 0.1) is 19.8 Å². The molecular formula is C20H22ClNO6. The Bertz CT molecular complexity index is 828. The third-order valence-corrected chi connectivity index (χ3v) is 4.67. The number of esters is 2. The zero-order valence-electron chi connectivity index (χ0n) is 15.9. The van der Waals surface area contributed by atoms with E-state index >= 15 is 0 Å². The van der Waals surface area contributed by atoms with Crippen molar-refractivity contribution in [3.63, 3.8) is 0 Å². The van der Waals surface area contributed by atoms with Crippen LogP contribution >= 0.6 is 11.6 Å². The molecule has 8 heteroatoms. The predicted molar refractivity (Wildman–Crippen MR) is 103 cm³/mol. The van der Waals surface area contributed by atoms with Crippen molar-refractivity contribution >= 4 is 29.5 Å². The minimum absolute atomic E-state index is 0.0257. The third kappa shape index (κ3) is 4.36. The average Bonchev–Trinajstić information content (AvgIpc) is 2.70. The van der Waals surface area contributed by atoms with Gasteiger partial charge in [0.25, 0.3) is 0 Å². The number of hydrogen-bond acceptors (Lipinski definition) is 6. The molecule has 1 aromatic rings. The summed E-state index contributed by atoms with van der Waals surface area (Å²) >= 11 is 5.94. The lowest BCUT2D eigenvalue weighted by Crippen LogP contribution is -2.38. The van der Waals surface area contributed by atoms with Gasteiger partial charge in [-0.2, -0.15) is 0 Å². The van der Waals surface area contributed by atoms with Gasteiger partial charge in [0, 0.05) is 17.5 Å². The van der Waals surface area contributed by atoms with Gasteiger partial charge in [-0.3, -0.25) is 0 Å². The lowest BCUT2D eigenvalue weighted by atomic mass is 9.85. The van der Waals surface area contributed by atoms with Gasteiger partial charge in [-0.1, -0.05) is 37.1 Å². The van der Waals surface area contributed by atoms with Gasteiger partial charge in [-0.25, -0.2) is 14.4 Å². The molecule has 150 valence electrons. The number of hydrogen-bond donors (Lipinski definition) is 1. The van der Waals surface area contributed by atoms with Crippen LogP contribution in [0, 0.1) is 0 Å². The second kappa shape index (κ2) is 9.41. The molecule has 28 heavy (non-hydrogen) atoms. The summed E-state index contributed by atoms with van der Waals surface area (Å²) in [6.07, 6.45) is 2.83. The fraction of sp³-hybridized carbons (Fsp3) is 0.350. The van der Waals surface area contributed by atoms with E-state index in [1.54, 1.807) is 24.3 Å². The molecular weight excluding hydrogens is 386 g/mol. The van der Waals surface area contributed by atoms with Gasteiger partial charge >= 0.3 is 17.9 Å². The van der Waals surface area contributed by atoms with Crippen molar-refractivity contribution in [2.24, 2.45) is 0 Å². The Balaban J connectivity index is 2.76. The molecule has 1 N–H and O–H groups in total. The lowest BCUT2D eigenvalue weighted by Gasteiger charge is -2.34. The molecule has 0 amide bonds. The number of unbranched alkanes of at least 4 members (excludes halogenated alkanes) is 1. The fourth-order valence-electron chi connectivity index (χ4n) is 3.06. The SMILES string of the molecule is CCCCN1C(C(=O)O)=CC(c2ccc(Cl)cc2)C(C(=O)OC)=C1C(=O)OC. The summed E-state index contributed by atoms with van der Waals surface area (Å²) in [4.78, 5) is 38.5. The van der Waals surface area contributed by atoms with Gasteiger partial charge in [0.15, 0.2) is 0 Å². The monoisotopic (exact) mass is 407 g/mol. The molecule has 2 rings (SSSR count). The first-order chi connectivity index (χ1) is 13.3. The van der Waals surface area contributed by atoms with Crippen molar-refractivity contribution in [3.05, 3.63) is 57.9 Å². The second-order valence-electron chi connectivity index (χ2n) is 6.14. The van der Waals surface area contributed by atoms with E-state index in [1.165, 1.54) is 25.2 Å². The standard InChI is InChI=1S/C20H22ClNO6/c1-4-5-10-22-15(18(23)24)11-14(12-6-8-13(21)9-7-12)16(19(25)27-2)17(22)20(26)28-3/h6-9,11,14H,4-5,10H2,1-3H3,(H,23,24). The first-order valence-electron chi connectivity index (χ1n) is 8.74. The van der Waals surface area contributed by atoms with Crippen LogP contribution in [0.15, 0.2) is 47.3 Å². The van der Waals surface area contributed by atoms with Gasteiger partial charge < -0.3 is 19.5 Å². The van der Waals surface area contributed by atoms with Crippen molar-refractivity contribution in [3.8, 4) is 0 Å². The molecule has 0 aromatic heterocycles. The number of rotatable bonds is 7. The number of carboxylic acid groups (broad SMARTS) is 1. The topological polar surface area (TPSA) is 93.1 Å². The van der Waals surface area contributed by atoms with Crippen LogP contribution < -0.4 is 0 Å². The number of aliphatic carboxylic acids is 1. The summed E-state index contributed by atoms with van der Waals surface area (Å²) < 4.78 is 9.77. The zero-order chi connectivity index (χ0) is 20.8. The molecule has 0 saturated carbocycles. The van der Waals surface area contributed by atoms with Gasteiger partial charge in [-0.15, -0.1) is 0 Å². The number of halogens is 1. The van der Waals surface area contributed by atoms with E-state index < -0.39 is 23.8 Å². The minimum Gasteiger partial charge on any atom is -0.477 e. The Morgan fingerprint density at radius 1 is 1.11 bits per heavy atom. The van der Waals surface area contributed by atoms with Gasteiger partial charge in [0.2, 0.25) is 0 Å². The zero-order valence-corrected chi connectivity index (χ0v) is 16.7. The lowest BCUT2D eigenvalue weighted by molar-refractivity contribution is -0.141. The Hall–Kier alpha value is -2.80. The summed E-state index contributed by atoms with van der Waals surface area (Å²) in [5.41, 5.74) is 0.405. The Labute approximate surface area is 168 Å². The maximum absolute atomic E-state index is 12.6. The molecule has 1 aliphatic rings.